The lowest BCUT2D eigenvalue weighted by Crippen LogP contribution is -2.30. The van der Waals surface area contributed by atoms with E-state index in [0.29, 0.717) is 19.3 Å². The van der Waals surface area contributed by atoms with E-state index in [9.17, 15) is 14.4 Å². The highest BCUT2D eigenvalue weighted by molar-refractivity contribution is 5.71. The van der Waals surface area contributed by atoms with Crippen LogP contribution in [0.3, 0.4) is 0 Å². The van der Waals surface area contributed by atoms with Gasteiger partial charge in [0.25, 0.3) is 0 Å². The Morgan fingerprint density at radius 3 is 0.742 bits per heavy atom. The van der Waals surface area contributed by atoms with Crippen LogP contribution in [0.15, 0.2) is 0 Å². The van der Waals surface area contributed by atoms with Crippen molar-refractivity contribution in [1.29, 1.82) is 0 Å². The van der Waals surface area contributed by atoms with Crippen molar-refractivity contribution in [2.45, 2.75) is 343 Å². The predicted octanol–water partition coefficient (Wildman–Crippen LogP) is 19.7. The summed E-state index contributed by atoms with van der Waals surface area (Å²) in [6.07, 6.45) is 56.8. The van der Waals surface area contributed by atoms with Crippen molar-refractivity contribution in [1.82, 2.24) is 0 Å². The number of ether oxygens (including phenoxy) is 3. The fourth-order valence-electron chi connectivity index (χ4n) is 9.23. The van der Waals surface area contributed by atoms with Crippen molar-refractivity contribution in [3.8, 4) is 0 Å². The number of unbranched alkanes of at least 4 members (excludes halogenated alkanes) is 39. The maximum atomic E-state index is 12.8. The van der Waals surface area contributed by atoms with Crippen molar-refractivity contribution in [2.24, 2.45) is 11.8 Å². The van der Waals surface area contributed by atoms with E-state index in [1.165, 1.54) is 225 Å². The first-order chi connectivity index (χ1) is 32.2. The lowest BCUT2D eigenvalue weighted by atomic mass is 10.0. The fraction of sp³-hybridized carbons (Fsp3) is 0.950. The summed E-state index contributed by atoms with van der Waals surface area (Å²) in [5.74, 6) is 0.812. The van der Waals surface area contributed by atoms with Gasteiger partial charge in [-0.1, -0.05) is 298 Å². The molecule has 0 unspecified atom stereocenters. The summed E-state index contributed by atoms with van der Waals surface area (Å²) in [6, 6.07) is 0. The zero-order chi connectivity index (χ0) is 48.2. The first-order valence-corrected chi connectivity index (χ1v) is 29.7. The molecule has 0 rings (SSSR count). The molecule has 0 aliphatic heterocycles. The third-order valence-corrected chi connectivity index (χ3v) is 13.7. The highest BCUT2D eigenvalue weighted by atomic mass is 16.6. The molecule has 0 aromatic rings. The van der Waals surface area contributed by atoms with Crippen LogP contribution in [0.2, 0.25) is 0 Å². The number of carbonyl (C=O) groups is 3. The minimum atomic E-state index is -0.763. The number of rotatable bonds is 54. The van der Waals surface area contributed by atoms with Gasteiger partial charge in [0.2, 0.25) is 0 Å². The largest absolute Gasteiger partial charge is 0.462 e. The molecule has 0 saturated heterocycles. The van der Waals surface area contributed by atoms with E-state index in [0.717, 1.165) is 69.6 Å². The SMILES string of the molecule is CCCCCCCCCCCCCCCCCCC(=O)OC[C@@H](COC(=O)CCCCCCCCCCCCCCCCCCCCC(C)C)OC(=O)CCCCCCCCCCC(C)C. The molecule has 0 aliphatic rings. The third-order valence-electron chi connectivity index (χ3n) is 13.7. The normalized spacial score (nSPS) is 12.0. The van der Waals surface area contributed by atoms with Crippen molar-refractivity contribution < 1.29 is 28.6 Å². The Morgan fingerprint density at radius 2 is 0.500 bits per heavy atom. The van der Waals surface area contributed by atoms with Gasteiger partial charge in [0, 0.05) is 19.3 Å². The van der Waals surface area contributed by atoms with Crippen LogP contribution in [-0.2, 0) is 28.6 Å². The Balaban J connectivity index is 4.21. The zero-order valence-electron chi connectivity index (χ0n) is 45.3. The van der Waals surface area contributed by atoms with Crippen LogP contribution in [0.4, 0.5) is 0 Å². The smallest absolute Gasteiger partial charge is 0.306 e. The van der Waals surface area contributed by atoms with E-state index >= 15 is 0 Å². The van der Waals surface area contributed by atoms with Crippen molar-refractivity contribution in [2.75, 3.05) is 13.2 Å². The molecule has 0 aromatic heterocycles. The Morgan fingerprint density at radius 1 is 0.288 bits per heavy atom. The molecule has 6 nitrogen and oxygen atoms in total. The third kappa shape index (κ3) is 53.4. The molecule has 0 saturated carbocycles. The molecule has 0 aliphatic carbocycles. The molecule has 1 atom stereocenters. The van der Waals surface area contributed by atoms with Gasteiger partial charge in [-0.15, -0.1) is 0 Å². The second-order valence-electron chi connectivity index (χ2n) is 21.6. The van der Waals surface area contributed by atoms with E-state index in [2.05, 4.69) is 34.6 Å². The zero-order valence-corrected chi connectivity index (χ0v) is 45.3. The van der Waals surface area contributed by atoms with Gasteiger partial charge in [0.05, 0.1) is 0 Å². The molecular formula is C60H116O6. The highest BCUT2D eigenvalue weighted by Crippen LogP contribution is 2.18. The molecule has 0 aromatic carbocycles. The summed E-state index contributed by atoms with van der Waals surface area (Å²) in [6.45, 7) is 11.4. The number of carbonyl (C=O) groups excluding carboxylic acids is 3. The van der Waals surface area contributed by atoms with E-state index in [-0.39, 0.29) is 31.1 Å². The van der Waals surface area contributed by atoms with Crippen LogP contribution in [0.5, 0.6) is 0 Å². The topological polar surface area (TPSA) is 78.9 Å². The van der Waals surface area contributed by atoms with Crippen LogP contribution in [0, 0.1) is 11.8 Å². The Kier molecular flexibility index (Phi) is 51.5. The fourth-order valence-corrected chi connectivity index (χ4v) is 9.23. The summed E-state index contributed by atoms with van der Waals surface area (Å²) < 4.78 is 16.9. The standard InChI is InChI=1S/C60H116O6/c1-6-7-8-9-10-11-12-13-14-20-23-26-29-35-40-45-50-58(61)64-53-57(66-60(63)52-47-42-37-32-31-34-39-44-49-56(4)5)54-65-59(62)51-46-41-36-30-27-24-21-18-16-15-17-19-22-25-28-33-38-43-48-55(2)3/h55-57H,6-54H2,1-5H3/t57-/m0/s1. The second kappa shape index (κ2) is 52.8. The minimum Gasteiger partial charge on any atom is -0.462 e. The van der Waals surface area contributed by atoms with Gasteiger partial charge in [0.1, 0.15) is 13.2 Å². The lowest BCUT2D eigenvalue weighted by Gasteiger charge is -2.18. The van der Waals surface area contributed by atoms with Crippen molar-refractivity contribution >= 4 is 17.9 Å². The summed E-state index contributed by atoms with van der Waals surface area (Å²) >= 11 is 0. The molecule has 0 radical (unpaired) electrons. The van der Waals surface area contributed by atoms with Gasteiger partial charge in [-0.2, -0.15) is 0 Å². The van der Waals surface area contributed by atoms with E-state index in [4.69, 9.17) is 14.2 Å². The summed E-state index contributed by atoms with van der Waals surface area (Å²) in [7, 11) is 0. The maximum Gasteiger partial charge on any atom is 0.306 e. The average molecular weight is 934 g/mol. The van der Waals surface area contributed by atoms with Gasteiger partial charge in [-0.3, -0.25) is 14.4 Å². The first-order valence-electron chi connectivity index (χ1n) is 29.7. The van der Waals surface area contributed by atoms with Gasteiger partial charge >= 0.3 is 17.9 Å². The number of hydrogen-bond donors (Lipinski definition) is 0. The van der Waals surface area contributed by atoms with Crippen LogP contribution in [0.25, 0.3) is 0 Å². The van der Waals surface area contributed by atoms with Gasteiger partial charge in [0.15, 0.2) is 6.10 Å². The van der Waals surface area contributed by atoms with Crippen molar-refractivity contribution in [3.05, 3.63) is 0 Å². The molecule has 0 bridgehead atoms. The molecule has 392 valence electrons. The molecular weight excluding hydrogens is 817 g/mol. The van der Waals surface area contributed by atoms with E-state index in [1.54, 1.807) is 0 Å². The minimum absolute atomic E-state index is 0.0631. The quantitative estimate of drug-likeness (QED) is 0.0343. The van der Waals surface area contributed by atoms with Crippen molar-refractivity contribution in [3.63, 3.8) is 0 Å². The number of esters is 3. The lowest BCUT2D eigenvalue weighted by molar-refractivity contribution is -0.167. The first kappa shape index (κ1) is 64.4. The molecule has 0 N–H and O–H groups in total. The Bertz CT molecular complexity index is 1010. The molecule has 6 heteroatoms. The van der Waals surface area contributed by atoms with Crippen LogP contribution in [-0.4, -0.2) is 37.2 Å². The molecule has 66 heavy (non-hydrogen) atoms. The monoisotopic (exact) mass is 933 g/mol. The van der Waals surface area contributed by atoms with Crippen LogP contribution >= 0.6 is 0 Å². The average Bonchev–Trinajstić information content (AvgIpc) is 3.29. The molecule has 0 amide bonds. The maximum absolute atomic E-state index is 12.8. The molecule has 0 spiro atoms. The van der Waals surface area contributed by atoms with Gasteiger partial charge < -0.3 is 14.2 Å². The molecule has 0 fully saturated rings. The highest BCUT2D eigenvalue weighted by Gasteiger charge is 2.19. The Labute approximate surface area is 412 Å². The summed E-state index contributed by atoms with van der Waals surface area (Å²) in [5.41, 5.74) is 0. The van der Waals surface area contributed by atoms with Gasteiger partial charge in [-0.25, -0.2) is 0 Å². The summed E-state index contributed by atoms with van der Waals surface area (Å²) in [5, 5.41) is 0. The Hall–Kier alpha value is -1.59. The van der Waals surface area contributed by atoms with Crippen LogP contribution in [0.1, 0.15) is 336 Å². The summed E-state index contributed by atoms with van der Waals surface area (Å²) in [4.78, 5) is 38.1. The van der Waals surface area contributed by atoms with E-state index < -0.39 is 6.10 Å². The number of hydrogen-bond acceptors (Lipinski definition) is 6. The molecule has 0 heterocycles. The second-order valence-corrected chi connectivity index (χ2v) is 21.6. The van der Waals surface area contributed by atoms with Gasteiger partial charge in [-0.05, 0) is 31.1 Å². The van der Waals surface area contributed by atoms with E-state index in [1.807, 2.05) is 0 Å². The van der Waals surface area contributed by atoms with Crippen LogP contribution < -0.4 is 0 Å². The predicted molar refractivity (Wildman–Crippen MR) is 284 cm³/mol.